The van der Waals surface area contributed by atoms with Crippen molar-refractivity contribution in [2.75, 3.05) is 33.0 Å². The molecule has 0 radical (unpaired) electrons. The fourth-order valence-electron chi connectivity index (χ4n) is 5.00. The largest absolute Gasteiger partial charge is 0.493 e. The fraction of sp³-hybridized carbons (Fsp3) is 0.290. The number of nitrogens with two attached hydrogens (primary N) is 2. The second-order valence-electron chi connectivity index (χ2n) is 9.90. The highest BCUT2D eigenvalue weighted by Gasteiger charge is 2.15. The highest BCUT2D eigenvalue weighted by atomic mass is 16.5. The molecule has 0 aliphatic carbocycles. The van der Waals surface area contributed by atoms with Crippen molar-refractivity contribution in [2.24, 2.45) is 5.73 Å². The Morgan fingerprint density at radius 3 is 2.40 bits per heavy atom. The van der Waals surface area contributed by atoms with Gasteiger partial charge in [0.1, 0.15) is 5.82 Å². The Kier molecular flexibility index (Phi) is 8.33. The minimum absolute atomic E-state index is 0.0470. The second kappa shape index (κ2) is 12.2. The summed E-state index contributed by atoms with van der Waals surface area (Å²) in [5.74, 6) is 1.67. The van der Waals surface area contributed by atoms with Crippen LogP contribution in [-0.2, 0) is 13.0 Å². The van der Waals surface area contributed by atoms with E-state index in [1.165, 1.54) is 5.56 Å². The second-order valence-corrected chi connectivity index (χ2v) is 9.90. The molecule has 4 N–H and O–H groups in total. The summed E-state index contributed by atoms with van der Waals surface area (Å²) in [4.78, 5) is 20.2. The van der Waals surface area contributed by atoms with Crippen molar-refractivity contribution < 1.29 is 9.47 Å². The first-order chi connectivity index (χ1) is 19.5. The van der Waals surface area contributed by atoms with Crippen LogP contribution in [0.4, 0.5) is 5.82 Å². The van der Waals surface area contributed by atoms with Crippen LogP contribution in [0.2, 0.25) is 0 Å². The van der Waals surface area contributed by atoms with Crippen LogP contribution in [0.1, 0.15) is 24.5 Å². The van der Waals surface area contributed by atoms with Gasteiger partial charge < -0.3 is 20.9 Å². The minimum atomic E-state index is 0.0470. The third-order valence-corrected chi connectivity index (χ3v) is 7.20. The van der Waals surface area contributed by atoms with Crippen LogP contribution in [0.25, 0.3) is 32.9 Å². The Hall–Kier alpha value is -4.34. The van der Waals surface area contributed by atoms with Gasteiger partial charge in [-0.3, -0.25) is 19.9 Å². The zero-order valence-corrected chi connectivity index (χ0v) is 23.2. The Morgan fingerprint density at radius 1 is 0.875 bits per heavy atom. The van der Waals surface area contributed by atoms with Gasteiger partial charge in [-0.15, -0.1) is 0 Å². The summed E-state index contributed by atoms with van der Waals surface area (Å²) in [5.41, 5.74) is 17.7. The number of fused-ring (bicyclic) bond motifs is 3. The molecule has 206 valence electrons. The van der Waals surface area contributed by atoms with Gasteiger partial charge in [-0.05, 0) is 66.2 Å². The van der Waals surface area contributed by atoms with E-state index in [0.717, 1.165) is 71.0 Å². The molecule has 4 heterocycles. The number of benzene rings is 1. The average molecular weight is 538 g/mol. The van der Waals surface area contributed by atoms with Crippen molar-refractivity contribution in [1.29, 1.82) is 0 Å². The molecule has 1 aromatic carbocycles. The Bertz CT molecular complexity index is 1610. The molecule has 9 heteroatoms. The Balaban J connectivity index is 1.36. The maximum absolute atomic E-state index is 6.55. The van der Waals surface area contributed by atoms with E-state index in [9.17, 15) is 0 Å². The van der Waals surface area contributed by atoms with Gasteiger partial charge in [-0.2, -0.15) is 0 Å². The van der Waals surface area contributed by atoms with Crippen molar-refractivity contribution in [2.45, 2.75) is 32.4 Å². The van der Waals surface area contributed by atoms with Crippen molar-refractivity contribution >= 4 is 27.5 Å². The van der Waals surface area contributed by atoms with Gasteiger partial charge in [-0.1, -0.05) is 6.92 Å². The van der Waals surface area contributed by atoms with Crippen LogP contribution in [0.5, 0.6) is 11.5 Å². The summed E-state index contributed by atoms with van der Waals surface area (Å²) in [5, 5.41) is 2.63. The molecule has 0 aliphatic rings. The average Bonchev–Trinajstić information content (AvgIpc) is 2.99. The monoisotopic (exact) mass is 537 g/mol. The van der Waals surface area contributed by atoms with Crippen molar-refractivity contribution in [3.8, 4) is 22.8 Å². The maximum Gasteiger partial charge on any atom is 0.162 e. The van der Waals surface area contributed by atoms with E-state index in [1.807, 2.05) is 55.1 Å². The molecular weight excluding hydrogens is 502 g/mol. The van der Waals surface area contributed by atoms with E-state index in [1.54, 1.807) is 20.4 Å². The summed E-state index contributed by atoms with van der Waals surface area (Å²) >= 11 is 0. The first kappa shape index (κ1) is 27.2. The number of likely N-dealkylation sites (N-methyl/N-ethyl adjacent to an activating group) is 1. The van der Waals surface area contributed by atoms with Crippen LogP contribution < -0.4 is 20.9 Å². The highest BCUT2D eigenvalue weighted by molar-refractivity contribution is 6.10. The standard InChI is InChI=1S/C31H35N7O2/c1-4-38(18-20-7-9-34-10-8-20)19-23(32)6-5-21-11-22(16-35-15-21)27-12-24-25-13-29(39-2)30(40-3)14-28(25)36-17-26(24)31(33)37-27/h7-17,23H,4-6,18-19,32H2,1-3H3,(H2,33,37)/t23-/m1/s1. The van der Waals surface area contributed by atoms with Crippen molar-refractivity contribution in [3.05, 3.63) is 78.5 Å². The summed E-state index contributed by atoms with van der Waals surface area (Å²) in [7, 11) is 3.23. The lowest BCUT2D eigenvalue weighted by molar-refractivity contribution is 0.257. The molecule has 0 spiro atoms. The molecule has 0 saturated carbocycles. The quantitative estimate of drug-likeness (QED) is 0.232. The first-order valence-electron chi connectivity index (χ1n) is 13.4. The van der Waals surface area contributed by atoms with Gasteiger partial charge in [0.05, 0.1) is 25.4 Å². The Morgan fingerprint density at radius 2 is 1.65 bits per heavy atom. The number of hydrogen-bond donors (Lipinski definition) is 2. The van der Waals surface area contributed by atoms with E-state index in [0.29, 0.717) is 17.3 Å². The number of aromatic nitrogens is 4. The topological polar surface area (TPSA) is 125 Å². The third-order valence-electron chi connectivity index (χ3n) is 7.20. The molecule has 9 nitrogen and oxygen atoms in total. The number of anilines is 1. The van der Waals surface area contributed by atoms with E-state index >= 15 is 0 Å². The van der Waals surface area contributed by atoms with E-state index in [2.05, 4.69) is 37.8 Å². The lowest BCUT2D eigenvalue weighted by Crippen LogP contribution is -2.37. The van der Waals surface area contributed by atoms with Crippen LogP contribution in [-0.4, -0.2) is 58.2 Å². The molecular formula is C31H35N7O2. The van der Waals surface area contributed by atoms with E-state index < -0.39 is 0 Å². The number of methoxy groups -OCH3 is 2. The summed E-state index contributed by atoms with van der Waals surface area (Å²) in [6.07, 6.45) is 10.8. The summed E-state index contributed by atoms with van der Waals surface area (Å²) < 4.78 is 11.0. The number of rotatable bonds is 11. The smallest absolute Gasteiger partial charge is 0.162 e. The predicted molar refractivity (Wildman–Crippen MR) is 159 cm³/mol. The normalized spacial score (nSPS) is 12.2. The van der Waals surface area contributed by atoms with E-state index in [4.69, 9.17) is 20.9 Å². The fourth-order valence-corrected chi connectivity index (χ4v) is 5.00. The molecule has 0 fully saturated rings. The van der Waals surface area contributed by atoms with Gasteiger partial charge in [0.2, 0.25) is 0 Å². The van der Waals surface area contributed by atoms with Crippen molar-refractivity contribution in [1.82, 2.24) is 24.8 Å². The lowest BCUT2D eigenvalue weighted by Gasteiger charge is -2.24. The van der Waals surface area contributed by atoms with E-state index in [-0.39, 0.29) is 6.04 Å². The number of nitrogens with zero attached hydrogens (tertiary/aromatic N) is 5. The molecule has 4 aromatic heterocycles. The van der Waals surface area contributed by atoms with Gasteiger partial charge in [0, 0.05) is 72.5 Å². The van der Waals surface area contributed by atoms with Gasteiger partial charge in [0.15, 0.2) is 11.5 Å². The minimum Gasteiger partial charge on any atom is -0.493 e. The number of aryl methyl sites for hydroxylation is 1. The van der Waals surface area contributed by atoms with Crippen LogP contribution >= 0.6 is 0 Å². The molecule has 5 aromatic rings. The van der Waals surface area contributed by atoms with Crippen molar-refractivity contribution in [3.63, 3.8) is 0 Å². The van der Waals surface area contributed by atoms with Gasteiger partial charge in [0.25, 0.3) is 0 Å². The predicted octanol–water partition coefficient (Wildman–Crippen LogP) is 4.62. The molecule has 40 heavy (non-hydrogen) atoms. The van der Waals surface area contributed by atoms with Gasteiger partial charge >= 0.3 is 0 Å². The number of pyridine rings is 4. The molecule has 0 amide bonds. The highest BCUT2D eigenvalue weighted by Crippen LogP contribution is 2.37. The van der Waals surface area contributed by atoms with Crippen LogP contribution in [0.15, 0.2) is 67.4 Å². The molecule has 5 rings (SSSR count). The van der Waals surface area contributed by atoms with Crippen LogP contribution in [0.3, 0.4) is 0 Å². The number of ether oxygens (including phenoxy) is 2. The molecule has 0 aliphatic heterocycles. The summed E-state index contributed by atoms with van der Waals surface area (Å²) in [6.45, 7) is 4.78. The SMILES string of the molecule is CCN(Cc1ccncc1)C[C@H](N)CCc1cncc(-c2cc3c(cnc4cc(OC)c(OC)cc43)c(N)n2)c1. The summed E-state index contributed by atoms with van der Waals surface area (Å²) in [6, 6.07) is 12.1. The molecule has 0 unspecified atom stereocenters. The Labute approximate surface area is 234 Å². The molecule has 1 atom stereocenters. The number of nitrogen functional groups attached to an aromatic ring is 1. The van der Waals surface area contributed by atoms with Gasteiger partial charge in [-0.25, -0.2) is 4.98 Å². The first-order valence-corrected chi connectivity index (χ1v) is 13.4. The maximum atomic E-state index is 6.55. The van der Waals surface area contributed by atoms with Crippen LogP contribution in [0, 0.1) is 0 Å². The molecule has 0 saturated heterocycles. The third kappa shape index (κ3) is 5.95. The zero-order valence-electron chi connectivity index (χ0n) is 23.2. The zero-order chi connectivity index (χ0) is 28.1. The molecule has 0 bridgehead atoms. The lowest BCUT2D eigenvalue weighted by atomic mass is 10.0. The number of hydrogen-bond acceptors (Lipinski definition) is 9.